The quantitative estimate of drug-likeness (QED) is 0.399. The van der Waals surface area contributed by atoms with Crippen molar-refractivity contribution in [1.82, 2.24) is 10.3 Å². The number of hydrogen-bond acceptors (Lipinski definition) is 9. The monoisotopic (exact) mass is 416 g/mol. The second-order valence-electron chi connectivity index (χ2n) is 6.55. The normalized spacial score (nSPS) is 23.8. The molecule has 10 heteroatoms. The molecule has 1 unspecified atom stereocenters. The van der Waals surface area contributed by atoms with Crippen LogP contribution in [-0.2, 0) is 29.0 Å². The first-order chi connectivity index (χ1) is 14.5. The van der Waals surface area contributed by atoms with Crippen molar-refractivity contribution < 1.29 is 38.5 Å². The average molecular weight is 416 g/mol. The number of methoxy groups -OCH3 is 2. The summed E-state index contributed by atoms with van der Waals surface area (Å²) in [7, 11) is 3.12. The van der Waals surface area contributed by atoms with E-state index in [2.05, 4.69) is 0 Å². The molecule has 10 nitrogen and oxygen atoms in total. The van der Waals surface area contributed by atoms with Gasteiger partial charge in [0.2, 0.25) is 12.4 Å². The Morgan fingerprint density at radius 3 is 2.03 bits per heavy atom. The Morgan fingerprint density at radius 1 is 0.933 bits per heavy atom. The first-order valence-corrected chi connectivity index (χ1v) is 9.10. The smallest absolute Gasteiger partial charge is 0.303 e. The van der Waals surface area contributed by atoms with Crippen molar-refractivity contribution in [3.05, 3.63) is 59.7 Å². The minimum atomic E-state index is -1.01. The van der Waals surface area contributed by atoms with E-state index in [1.165, 1.54) is 11.9 Å². The molecule has 1 amide bonds. The van der Waals surface area contributed by atoms with Crippen LogP contribution in [0.3, 0.4) is 0 Å². The molecular formula is C20H20N2O8. The van der Waals surface area contributed by atoms with Gasteiger partial charge < -0.3 is 14.2 Å². The van der Waals surface area contributed by atoms with Gasteiger partial charge in [-0.1, -0.05) is 29.3 Å². The number of ether oxygens (including phenoxy) is 3. The molecule has 30 heavy (non-hydrogen) atoms. The van der Waals surface area contributed by atoms with Crippen LogP contribution in [-0.4, -0.2) is 42.5 Å². The fourth-order valence-electron chi connectivity index (χ4n) is 3.20. The Hall–Kier alpha value is -3.18. The highest BCUT2D eigenvalue weighted by Gasteiger charge is 2.57. The second kappa shape index (κ2) is 8.28. The number of nitrogens with zero attached hydrogens (tertiary/aromatic N) is 2. The van der Waals surface area contributed by atoms with Crippen molar-refractivity contribution in [1.29, 1.82) is 0 Å². The van der Waals surface area contributed by atoms with Crippen LogP contribution in [0.15, 0.2) is 48.5 Å². The third-order valence-electron chi connectivity index (χ3n) is 4.71. The summed E-state index contributed by atoms with van der Waals surface area (Å²) in [5.74, 6) is 0.250. The number of carbonyl (C=O) groups excluding carboxylic acids is 2. The first-order valence-electron chi connectivity index (χ1n) is 9.10. The fourth-order valence-corrected chi connectivity index (χ4v) is 3.20. The van der Waals surface area contributed by atoms with Crippen LogP contribution in [0, 0.1) is 0 Å². The highest BCUT2D eigenvalue weighted by molar-refractivity contribution is 5.90. The molecule has 0 aliphatic carbocycles. The molecule has 0 spiro atoms. The SMILES string of the molecule is COc1ccc(C2OON(N3C(=O)[C@@H](OC(C)=O)[C@@H]3c3ccc(OC)cc3)O2)cc1. The van der Waals surface area contributed by atoms with Gasteiger partial charge in [0.15, 0.2) is 0 Å². The maximum atomic E-state index is 12.7. The molecular weight excluding hydrogens is 396 g/mol. The Bertz CT molecular complexity index is 917. The van der Waals surface area contributed by atoms with Gasteiger partial charge in [0, 0.05) is 12.5 Å². The largest absolute Gasteiger partial charge is 0.497 e. The van der Waals surface area contributed by atoms with E-state index >= 15 is 0 Å². The molecule has 2 aliphatic rings. The van der Waals surface area contributed by atoms with Gasteiger partial charge in [-0.2, -0.15) is 4.89 Å². The maximum absolute atomic E-state index is 12.7. The highest BCUT2D eigenvalue weighted by atomic mass is 17.4. The molecule has 2 saturated heterocycles. The number of esters is 1. The summed E-state index contributed by atoms with van der Waals surface area (Å²) in [6.45, 7) is 1.24. The Balaban J connectivity index is 1.53. The van der Waals surface area contributed by atoms with Crippen molar-refractivity contribution in [3.8, 4) is 11.5 Å². The van der Waals surface area contributed by atoms with Crippen LogP contribution in [0.25, 0.3) is 0 Å². The third-order valence-corrected chi connectivity index (χ3v) is 4.71. The molecule has 0 saturated carbocycles. The van der Waals surface area contributed by atoms with Gasteiger partial charge in [0.1, 0.15) is 17.5 Å². The van der Waals surface area contributed by atoms with Gasteiger partial charge in [-0.25, -0.2) is 9.85 Å². The fraction of sp³-hybridized carbons (Fsp3) is 0.300. The molecule has 0 bridgehead atoms. The van der Waals surface area contributed by atoms with Gasteiger partial charge in [-0.3, -0.25) is 9.59 Å². The van der Waals surface area contributed by atoms with Crippen LogP contribution < -0.4 is 9.47 Å². The van der Waals surface area contributed by atoms with Crippen LogP contribution in [0.2, 0.25) is 0 Å². The molecule has 3 atom stereocenters. The van der Waals surface area contributed by atoms with Crippen LogP contribution >= 0.6 is 0 Å². The molecule has 0 aromatic heterocycles. The van der Waals surface area contributed by atoms with Crippen molar-refractivity contribution >= 4 is 11.9 Å². The summed E-state index contributed by atoms with van der Waals surface area (Å²) in [4.78, 5) is 40.1. The van der Waals surface area contributed by atoms with E-state index in [9.17, 15) is 9.59 Å². The van der Waals surface area contributed by atoms with Gasteiger partial charge in [-0.05, 0) is 29.8 Å². The van der Waals surface area contributed by atoms with Crippen molar-refractivity contribution in [2.45, 2.75) is 25.4 Å². The number of carbonyl (C=O) groups is 2. The molecule has 0 radical (unpaired) electrons. The number of amides is 1. The van der Waals surface area contributed by atoms with Crippen LogP contribution in [0.5, 0.6) is 11.5 Å². The predicted molar refractivity (Wildman–Crippen MR) is 99.0 cm³/mol. The highest BCUT2D eigenvalue weighted by Crippen LogP contribution is 2.42. The lowest BCUT2D eigenvalue weighted by atomic mass is 9.92. The maximum Gasteiger partial charge on any atom is 0.303 e. The Kier molecular flexibility index (Phi) is 5.55. The lowest BCUT2D eigenvalue weighted by Gasteiger charge is -2.46. The summed E-state index contributed by atoms with van der Waals surface area (Å²) < 4.78 is 15.5. The standard InChI is InChI=1S/C20H20N2O8/c1-12(23)27-18-17(13-4-8-15(25-2)9-5-13)21(19(18)24)22-28-20(29-30-22)14-6-10-16(26-3)11-7-14/h4-11,17-18,20H,1-3H3/t17-,18-,20?/m0/s1. The molecule has 2 heterocycles. The van der Waals surface area contributed by atoms with Crippen molar-refractivity contribution in [2.24, 2.45) is 0 Å². The lowest BCUT2D eigenvalue weighted by molar-refractivity contribution is -0.491. The Labute approximate surface area is 172 Å². The number of hydrogen-bond donors (Lipinski definition) is 0. The topological polar surface area (TPSA) is 96.0 Å². The average Bonchev–Trinajstić information content (AvgIpc) is 3.25. The van der Waals surface area contributed by atoms with Gasteiger partial charge in [-0.15, -0.1) is 0 Å². The number of hydrazine groups is 1. The first kappa shape index (κ1) is 20.1. The Morgan fingerprint density at radius 2 is 1.50 bits per heavy atom. The van der Waals surface area contributed by atoms with Crippen molar-refractivity contribution in [3.63, 3.8) is 0 Å². The van der Waals surface area contributed by atoms with Gasteiger partial charge in [0.25, 0.3) is 5.91 Å². The van der Waals surface area contributed by atoms with Crippen molar-refractivity contribution in [2.75, 3.05) is 14.2 Å². The number of β-lactam (4-membered cyclic amide) rings is 1. The molecule has 2 aromatic carbocycles. The zero-order chi connectivity index (χ0) is 21.3. The predicted octanol–water partition coefficient (Wildman–Crippen LogP) is 2.24. The zero-order valence-electron chi connectivity index (χ0n) is 16.5. The van der Waals surface area contributed by atoms with E-state index in [1.807, 2.05) is 0 Å². The van der Waals surface area contributed by atoms with E-state index in [-0.39, 0.29) is 0 Å². The van der Waals surface area contributed by atoms with Crippen LogP contribution in [0.4, 0.5) is 0 Å². The van der Waals surface area contributed by atoms with E-state index < -0.39 is 30.3 Å². The number of rotatable bonds is 6. The van der Waals surface area contributed by atoms with Gasteiger partial charge in [0.05, 0.1) is 19.6 Å². The molecule has 2 aromatic rings. The summed E-state index contributed by atoms with van der Waals surface area (Å²) in [5.41, 5.74) is 1.35. The minimum absolute atomic E-state index is 0.509. The third kappa shape index (κ3) is 3.68. The number of benzene rings is 2. The summed E-state index contributed by atoms with van der Waals surface area (Å²) in [6, 6.07) is 13.3. The van der Waals surface area contributed by atoms with E-state index in [0.29, 0.717) is 22.6 Å². The molecule has 0 N–H and O–H groups in total. The minimum Gasteiger partial charge on any atom is -0.497 e. The summed E-state index contributed by atoms with van der Waals surface area (Å²) in [6.07, 6.45) is -1.91. The van der Waals surface area contributed by atoms with Gasteiger partial charge >= 0.3 is 5.97 Å². The summed E-state index contributed by atoms with van der Waals surface area (Å²) in [5, 5.41) is 2.03. The molecule has 158 valence electrons. The second-order valence-corrected chi connectivity index (χ2v) is 6.55. The molecule has 2 aliphatic heterocycles. The van der Waals surface area contributed by atoms with E-state index in [4.69, 9.17) is 28.9 Å². The van der Waals surface area contributed by atoms with Crippen LogP contribution in [0.1, 0.15) is 30.4 Å². The summed E-state index contributed by atoms with van der Waals surface area (Å²) >= 11 is 0. The molecule has 2 fully saturated rings. The zero-order valence-corrected chi connectivity index (χ0v) is 16.5. The molecule has 4 rings (SSSR count). The van der Waals surface area contributed by atoms with E-state index in [1.54, 1.807) is 62.8 Å². The van der Waals surface area contributed by atoms with E-state index in [0.717, 1.165) is 5.34 Å². The lowest BCUT2D eigenvalue weighted by Crippen LogP contribution is -2.65.